The minimum absolute atomic E-state index is 0.196. The highest BCUT2D eigenvalue weighted by molar-refractivity contribution is 14.1. The fraction of sp³-hybridized carbons (Fsp3) is 0.182. The third-order valence-corrected chi connectivity index (χ3v) is 6.91. The van der Waals surface area contributed by atoms with Gasteiger partial charge in [-0.3, -0.25) is 0 Å². The van der Waals surface area contributed by atoms with Gasteiger partial charge in [-0.2, -0.15) is 0 Å². The van der Waals surface area contributed by atoms with Crippen LogP contribution in [0.5, 0.6) is 11.5 Å². The van der Waals surface area contributed by atoms with E-state index in [4.69, 9.17) is 9.47 Å². The van der Waals surface area contributed by atoms with Gasteiger partial charge in [0.25, 0.3) is 0 Å². The molecule has 3 aromatic carbocycles. The summed E-state index contributed by atoms with van der Waals surface area (Å²) in [7, 11) is 3.21. The molecule has 0 bridgehead atoms. The van der Waals surface area contributed by atoms with Gasteiger partial charge in [0.2, 0.25) is 0 Å². The summed E-state index contributed by atoms with van der Waals surface area (Å²) < 4.78 is 40.4. The van der Waals surface area contributed by atoms with Crippen molar-refractivity contribution < 1.29 is 18.3 Å². The van der Waals surface area contributed by atoms with E-state index in [1.54, 1.807) is 42.9 Å². The van der Waals surface area contributed by atoms with Crippen molar-refractivity contribution in [3.63, 3.8) is 0 Å². The Morgan fingerprint density at radius 1 is 0.828 bits per heavy atom. The van der Waals surface area contributed by atoms with Crippen LogP contribution in [0.4, 0.5) is 14.5 Å². The lowest BCUT2D eigenvalue weighted by Gasteiger charge is -2.26. The van der Waals surface area contributed by atoms with Crippen molar-refractivity contribution in [3.8, 4) is 11.5 Å². The second-order valence-electron chi connectivity index (χ2n) is 6.37. The minimum atomic E-state index is -0.861. The van der Waals surface area contributed by atoms with Crippen LogP contribution in [0.1, 0.15) is 11.1 Å². The maximum Gasteiger partial charge on any atom is 0.183 e. The van der Waals surface area contributed by atoms with E-state index in [9.17, 15) is 8.78 Å². The summed E-state index contributed by atoms with van der Waals surface area (Å²) in [6, 6.07) is 16.7. The molecule has 0 aromatic heterocycles. The predicted octanol–water partition coefficient (Wildman–Crippen LogP) is 6.56. The van der Waals surface area contributed by atoms with E-state index in [0.29, 0.717) is 17.6 Å². The monoisotopic (exact) mass is 573 g/mol. The molecule has 3 aromatic rings. The summed E-state index contributed by atoms with van der Waals surface area (Å²) in [6.07, 6.45) is 0. The maximum absolute atomic E-state index is 14.9. The van der Waals surface area contributed by atoms with Crippen LogP contribution in [0.15, 0.2) is 59.1 Å². The molecule has 152 valence electrons. The molecule has 29 heavy (non-hydrogen) atoms. The largest absolute Gasteiger partial charge is 0.497 e. The molecule has 0 N–H and O–H groups in total. The first kappa shape index (κ1) is 21.8. The molecule has 3 rings (SSSR count). The molecule has 0 unspecified atom stereocenters. The average molecular weight is 574 g/mol. The van der Waals surface area contributed by atoms with Gasteiger partial charge >= 0.3 is 0 Å². The van der Waals surface area contributed by atoms with Crippen LogP contribution in [-0.4, -0.2) is 14.2 Å². The Labute approximate surface area is 190 Å². The number of ether oxygens (including phenoxy) is 2. The Balaban J connectivity index is 1.98. The molecule has 0 saturated heterocycles. The average Bonchev–Trinajstić information content (AvgIpc) is 2.75. The first-order valence-corrected chi connectivity index (χ1v) is 10.6. The predicted molar refractivity (Wildman–Crippen MR) is 123 cm³/mol. The first-order chi connectivity index (χ1) is 13.9. The van der Waals surface area contributed by atoms with Gasteiger partial charge in [-0.05, 0) is 80.0 Å². The molecule has 3 nitrogen and oxygen atoms in total. The van der Waals surface area contributed by atoms with Crippen molar-refractivity contribution in [3.05, 3.63) is 85.4 Å². The molecule has 0 atom stereocenters. The number of methoxy groups -OCH3 is 2. The van der Waals surface area contributed by atoms with E-state index < -0.39 is 11.6 Å². The van der Waals surface area contributed by atoms with Crippen molar-refractivity contribution >= 4 is 44.2 Å². The van der Waals surface area contributed by atoms with Crippen molar-refractivity contribution in [2.45, 2.75) is 13.1 Å². The smallest absolute Gasteiger partial charge is 0.183 e. The topological polar surface area (TPSA) is 21.7 Å². The summed E-state index contributed by atoms with van der Waals surface area (Å²) in [6.45, 7) is 0.804. The van der Waals surface area contributed by atoms with E-state index in [1.807, 2.05) is 53.4 Å². The number of benzene rings is 3. The van der Waals surface area contributed by atoms with Crippen LogP contribution < -0.4 is 14.4 Å². The van der Waals surface area contributed by atoms with E-state index in [1.165, 1.54) is 0 Å². The maximum atomic E-state index is 14.9. The summed E-state index contributed by atoms with van der Waals surface area (Å²) in [5.74, 6) is -0.238. The zero-order chi connectivity index (χ0) is 21.0. The number of nitrogens with zero attached hydrogens (tertiary/aromatic N) is 1. The standard InChI is InChI=1S/C22H19BrF2INO2/c1-28-16-7-3-14(4-8-16)12-27(13-15-5-9-17(29-2)10-6-15)19-11-18(23)22(26)21(25)20(19)24/h3-11H,12-13H2,1-2H3. The molecule has 0 aliphatic carbocycles. The van der Waals surface area contributed by atoms with Gasteiger partial charge in [0.1, 0.15) is 11.5 Å². The Morgan fingerprint density at radius 2 is 1.28 bits per heavy atom. The van der Waals surface area contributed by atoms with Crippen LogP contribution >= 0.6 is 38.5 Å². The van der Waals surface area contributed by atoms with Crippen molar-refractivity contribution in [1.82, 2.24) is 0 Å². The molecular weight excluding hydrogens is 555 g/mol. The highest BCUT2D eigenvalue weighted by atomic mass is 127. The second kappa shape index (κ2) is 9.75. The van der Waals surface area contributed by atoms with E-state index in [2.05, 4.69) is 15.9 Å². The van der Waals surface area contributed by atoms with Crippen molar-refractivity contribution in [1.29, 1.82) is 0 Å². The van der Waals surface area contributed by atoms with Gasteiger partial charge in [-0.15, -0.1) is 0 Å². The SMILES string of the molecule is COc1ccc(CN(Cc2ccc(OC)cc2)c2cc(Br)c(I)c(F)c2F)cc1. The van der Waals surface area contributed by atoms with E-state index >= 15 is 0 Å². The summed E-state index contributed by atoms with van der Waals surface area (Å²) in [5.41, 5.74) is 2.10. The van der Waals surface area contributed by atoms with Crippen LogP contribution in [0, 0.1) is 15.2 Å². The molecule has 7 heteroatoms. The lowest BCUT2D eigenvalue weighted by atomic mass is 10.1. The lowest BCUT2D eigenvalue weighted by Crippen LogP contribution is -2.24. The summed E-state index contributed by atoms with van der Waals surface area (Å²) in [5, 5.41) is 0. The van der Waals surface area contributed by atoms with Gasteiger partial charge in [0.15, 0.2) is 11.6 Å². The van der Waals surface area contributed by atoms with Gasteiger partial charge in [0, 0.05) is 17.6 Å². The van der Waals surface area contributed by atoms with Gasteiger partial charge in [0.05, 0.1) is 23.5 Å². The number of hydrogen-bond acceptors (Lipinski definition) is 3. The number of anilines is 1. The number of hydrogen-bond donors (Lipinski definition) is 0. The fourth-order valence-electron chi connectivity index (χ4n) is 2.92. The summed E-state index contributed by atoms with van der Waals surface area (Å²) in [4.78, 5) is 1.81. The Hall–Kier alpha value is -1.87. The normalized spacial score (nSPS) is 10.7. The molecule has 0 aliphatic rings. The third-order valence-electron chi connectivity index (χ3n) is 4.49. The van der Waals surface area contributed by atoms with Crippen LogP contribution in [-0.2, 0) is 13.1 Å². The molecule has 0 spiro atoms. The highest BCUT2D eigenvalue weighted by Crippen LogP contribution is 2.33. The molecule has 0 saturated carbocycles. The minimum Gasteiger partial charge on any atom is -0.497 e. The van der Waals surface area contributed by atoms with Crippen molar-refractivity contribution in [2.24, 2.45) is 0 Å². The van der Waals surface area contributed by atoms with Gasteiger partial charge in [-0.25, -0.2) is 8.78 Å². The zero-order valence-electron chi connectivity index (χ0n) is 15.9. The summed E-state index contributed by atoms with van der Waals surface area (Å²) >= 11 is 5.12. The fourth-order valence-corrected chi connectivity index (χ4v) is 3.70. The van der Waals surface area contributed by atoms with Crippen LogP contribution in [0.25, 0.3) is 0 Å². The van der Waals surface area contributed by atoms with Crippen molar-refractivity contribution in [2.75, 3.05) is 19.1 Å². The lowest BCUT2D eigenvalue weighted by molar-refractivity contribution is 0.414. The van der Waals surface area contributed by atoms with Crippen LogP contribution in [0.3, 0.4) is 0 Å². The van der Waals surface area contributed by atoms with E-state index in [-0.39, 0.29) is 9.26 Å². The Morgan fingerprint density at radius 3 is 1.69 bits per heavy atom. The molecule has 0 amide bonds. The number of rotatable bonds is 7. The Bertz CT molecular complexity index is 932. The zero-order valence-corrected chi connectivity index (χ0v) is 19.6. The molecular formula is C22H19BrF2INO2. The first-order valence-electron chi connectivity index (χ1n) is 8.76. The van der Waals surface area contributed by atoms with Gasteiger partial charge in [-0.1, -0.05) is 24.3 Å². The van der Waals surface area contributed by atoms with E-state index in [0.717, 1.165) is 22.6 Å². The third kappa shape index (κ3) is 5.19. The highest BCUT2D eigenvalue weighted by Gasteiger charge is 2.21. The molecule has 0 radical (unpaired) electrons. The molecule has 0 aliphatic heterocycles. The number of halogens is 4. The second-order valence-corrected chi connectivity index (χ2v) is 8.30. The quantitative estimate of drug-likeness (QED) is 0.182. The van der Waals surface area contributed by atoms with Crippen LogP contribution in [0.2, 0.25) is 0 Å². The van der Waals surface area contributed by atoms with Gasteiger partial charge < -0.3 is 14.4 Å². The molecule has 0 heterocycles. The molecule has 0 fully saturated rings. The Kier molecular flexibility index (Phi) is 7.34.